The number of nitrogens with zero attached hydrogens (tertiary/aromatic N) is 2. The van der Waals surface area contributed by atoms with Gasteiger partial charge in [-0.1, -0.05) is 6.07 Å². The summed E-state index contributed by atoms with van der Waals surface area (Å²) in [6.45, 7) is -0.184. The number of aliphatic imine (C=N–C) groups is 1. The molecule has 3 rings (SSSR count). The van der Waals surface area contributed by atoms with Gasteiger partial charge in [-0.15, -0.1) is 0 Å². The summed E-state index contributed by atoms with van der Waals surface area (Å²) >= 11 is 0. The summed E-state index contributed by atoms with van der Waals surface area (Å²) in [6.07, 6.45) is 1.22. The van der Waals surface area contributed by atoms with Crippen molar-refractivity contribution in [2.45, 2.75) is 18.6 Å². The number of amidine groups is 1. The molecule has 2 aromatic rings. The molecule has 2 heterocycles. The van der Waals surface area contributed by atoms with E-state index >= 15 is 0 Å². The first kappa shape index (κ1) is 18.6. The van der Waals surface area contributed by atoms with Crippen LogP contribution in [0.3, 0.4) is 0 Å². The highest BCUT2D eigenvalue weighted by atomic mass is 19.1. The number of amides is 1. The molecule has 1 amide bonds. The number of aliphatic hydroxyl groups is 1. The number of aromatic nitrogens is 1. The van der Waals surface area contributed by atoms with E-state index in [1.54, 1.807) is 18.3 Å². The number of aliphatic hydroxyl groups excluding tert-OH is 1. The first-order chi connectivity index (χ1) is 13.0. The van der Waals surface area contributed by atoms with Crippen molar-refractivity contribution in [2.24, 2.45) is 4.99 Å². The lowest BCUT2D eigenvalue weighted by Gasteiger charge is -2.25. The van der Waals surface area contributed by atoms with E-state index in [9.17, 15) is 19.1 Å². The van der Waals surface area contributed by atoms with Gasteiger partial charge in [-0.2, -0.15) is 4.39 Å². The molecule has 138 valence electrons. The third-order valence-corrected chi connectivity index (χ3v) is 3.95. The van der Waals surface area contributed by atoms with E-state index in [0.717, 1.165) is 5.56 Å². The van der Waals surface area contributed by atoms with E-state index in [-0.39, 0.29) is 18.1 Å². The number of hydrogen-bond donors (Lipinski definition) is 2. The summed E-state index contributed by atoms with van der Waals surface area (Å²) in [7, 11) is 1.38. The van der Waals surface area contributed by atoms with E-state index in [1.165, 1.54) is 13.2 Å². The Balaban J connectivity index is 1.94. The molecule has 1 aliphatic heterocycles. The minimum Gasteiger partial charge on any atom is -0.384 e. The van der Waals surface area contributed by atoms with Crippen molar-refractivity contribution in [1.82, 2.24) is 10.3 Å². The molecule has 0 bridgehead atoms. The van der Waals surface area contributed by atoms with Crippen LogP contribution in [0.2, 0.25) is 0 Å². The Hall–Kier alpha value is -3.15. The standard InChI is InChI=1S/C19H16FN3O4/c1-27-10-16(25)23-19-14-7-12(6-11-2-4-13(20)5-3-11)8-21-17(14)18(26)15(9-24)22-19/h2,4,7-9,15,18,26H,6,10H2,1H3,(H,22,23,25). The third-order valence-electron chi connectivity index (χ3n) is 3.95. The van der Waals surface area contributed by atoms with Gasteiger partial charge in [0.05, 0.1) is 5.69 Å². The zero-order chi connectivity index (χ0) is 19.4. The Morgan fingerprint density at radius 3 is 2.93 bits per heavy atom. The lowest BCUT2D eigenvalue weighted by molar-refractivity contribution is -0.123. The quantitative estimate of drug-likeness (QED) is 0.749. The topological polar surface area (TPSA) is 101 Å². The molecule has 7 nitrogen and oxygen atoms in total. The number of rotatable bonds is 5. The van der Waals surface area contributed by atoms with Crippen molar-refractivity contribution in [3.05, 3.63) is 64.7 Å². The smallest absolute Gasteiger partial charge is 0.251 e. The molecule has 1 aliphatic rings. The number of ether oxygens (including phenoxy) is 1. The molecule has 0 spiro atoms. The predicted molar refractivity (Wildman–Crippen MR) is 92.5 cm³/mol. The van der Waals surface area contributed by atoms with Crippen LogP contribution in [0.5, 0.6) is 0 Å². The lowest BCUT2D eigenvalue weighted by Crippen LogP contribution is -2.40. The molecule has 0 saturated heterocycles. The van der Waals surface area contributed by atoms with Gasteiger partial charge in [0, 0.05) is 30.9 Å². The predicted octanol–water partition coefficient (Wildman–Crippen LogP) is 0.536. The van der Waals surface area contributed by atoms with Crippen LogP contribution in [0.1, 0.15) is 28.5 Å². The van der Waals surface area contributed by atoms with Gasteiger partial charge in [-0.25, -0.2) is 0 Å². The zero-order valence-electron chi connectivity index (χ0n) is 14.4. The average Bonchev–Trinajstić information content (AvgIpc) is 2.66. The monoisotopic (exact) mass is 369 g/mol. The van der Waals surface area contributed by atoms with Crippen LogP contribution in [-0.4, -0.2) is 47.9 Å². The molecule has 2 N–H and O–H groups in total. The van der Waals surface area contributed by atoms with Gasteiger partial charge in [0.2, 0.25) is 0 Å². The summed E-state index contributed by atoms with van der Waals surface area (Å²) < 4.78 is 17.8. The number of fused-ring (bicyclic) bond motifs is 1. The fraction of sp³-hybridized carbons (Fsp3) is 0.263. The Labute approximate surface area is 154 Å². The van der Waals surface area contributed by atoms with E-state index in [4.69, 9.17) is 4.74 Å². The molecule has 8 heteroatoms. The molecule has 1 aromatic heterocycles. The minimum atomic E-state index is -1.21. The zero-order valence-corrected chi connectivity index (χ0v) is 14.4. The summed E-state index contributed by atoms with van der Waals surface area (Å²) in [4.78, 5) is 31.4. The number of carbonyl (C=O) groups excluding carboxylic acids is 2. The molecule has 2 unspecified atom stereocenters. The third kappa shape index (κ3) is 4.16. The molecular weight excluding hydrogens is 353 g/mol. The Morgan fingerprint density at radius 2 is 2.26 bits per heavy atom. The van der Waals surface area contributed by atoms with E-state index in [2.05, 4.69) is 27.4 Å². The van der Waals surface area contributed by atoms with Crippen molar-refractivity contribution in [2.75, 3.05) is 13.7 Å². The molecule has 2 atom stereocenters. The van der Waals surface area contributed by atoms with Gasteiger partial charge in [-0.05, 0) is 29.8 Å². The normalized spacial score (nSPS) is 18.1. The maximum absolute atomic E-state index is 13.0. The summed E-state index contributed by atoms with van der Waals surface area (Å²) in [6, 6.07) is 8.59. The van der Waals surface area contributed by atoms with Gasteiger partial charge in [0.1, 0.15) is 30.9 Å². The van der Waals surface area contributed by atoms with Crippen molar-refractivity contribution in [3.63, 3.8) is 0 Å². The van der Waals surface area contributed by atoms with E-state index in [1.807, 2.05) is 0 Å². The average molecular weight is 369 g/mol. The van der Waals surface area contributed by atoms with Crippen LogP contribution >= 0.6 is 0 Å². The minimum absolute atomic E-state index is 0.137. The van der Waals surface area contributed by atoms with Gasteiger partial charge in [0.25, 0.3) is 5.91 Å². The number of aldehydes is 1. The molecule has 0 radical (unpaired) electrons. The Morgan fingerprint density at radius 1 is 1.44 bits per heavy atom. The van der Waals surface area contributed by atoms with E-state index in [0.29, 0.717) is 23.8 Å². The highest BCUT2D eigenvalue weighted by molar-refractivity contribution is 6.10. The van der Waals surface area contributed by atoms with Gasteiger partial charge in [-0.3, -0.25) is 14.8 Å². The lowest BCUT2D eigenvalue weighted by atomic mass is 9.96. The van der Waals surface area contributed by atoms with Gasteiger partial charge < -0.3 is 20.0 Å². The maximum Gasteiger partial charge on any atom is 0.251 e. The number of methoxy groups -OCH3 is 1. The molecule has 0 aliphatic carbocycles. The Bertz CT molecular complexity index is 883. The highest BCUT2D eigenvalue weighted by Gasteiger charge is 2.31. The first-order valence-electron chi connectivity index (χ1n) is 8.09. The summed E-state index contributed by atoms with van der Waals surface area (Å²) in [5.74, 6) is -0.811. The van der Waals surface area contributed by atoms with Crippen LogP contribution < -0.4 is 5.32 Å². The van der Waals surface area contributed by atoms with Crippen molar-refractivity contribution in [1.29, 1.82) is 0 Å². The molecule has 1 aromatic carbocycles. The van der Waals surface area contributed by atoms with Crippen LogP contribution in [0.4, 0.5) is 4.39 Å². The summed E-state index contributed by atoms with van der Waals surface area (Å²) in [5.41, 5.74) is 2.08. The highest BCUT2D eigenvalue weighted by Crippen LogP contribution is 2.26. The number of halogens is 1. The van der Waals surface area contributed by atoms with Crippen molar-refractivity contribution >= 4 is 18.0 Å². The molecule has 0 fully saturated rings. The summed E-state index contributed by atoms with van der Waals surface area (Å²) in [5, 5.41) is 12.9. The van der Waals surface area contributed by atoms with Crippen molar-refractivity contribution < 1.29 is 23.8 Å². The molecule has 27 heavy (non-hydrogen) atoms. The molecule has 0 saturated carbocycles. The van der Waals surface area contributed by atoms with Crippen LogP contribution in [0.25, 0.3) is 0 Å². The van der Waals surface area contributed by atoms with Gasteiger partial charge >= 0.3 is 0 Å². The Kier molecular flexibility index (Phi) is 5.54. The second-order valence-corrected chi connectivity index (χ2v) is 5.94. The number of carbonyl (C=O) groups is 2. The van der Waals surface area contributed by atoms with Crippen LogP contribution in [0, 0.1) is 17.9 Å². The largest absolute Gasteiger partial charge is 0.384 e. The second-order valence-electron chi connectivity index (χ2n) is 5.94. The fourth-order valence-corrected chi connectivity index (χ4v) is 2.72. The fourth-order valence-electron chi connectivity index (χ4n) is 2.72. The van der Waals surface area contributed by atoms with E-state index < -0.39 is 23.9 Å². The number of nitrogens with one attached hydrogen (secondary N) is 1. The van der Waals surface area contributed by atoms with Crippen LogP contribution in [0.15, 0.2) is 29.4 Å². The van der Waals surface area contributed by atoms with Gasteiger partial charge in [0.15, 0.2) is 5.82 Å². The molecular formula is C19H16FN3O4. The van der Waals surface area contributed by atoms with Crippen molar-refractivity contribution in [3.8, 4) is 0 Å². The maximum atomic E-state index is 13.0. The SMILES string of the molecule is COCC(=O)NC1=NC(C=O)C(O)c2ncc(Cc3c#cc(F)cc3)cc21. The second kappa shape index (κ2) is 8.03. The number of pyridine rings is 1. The van der Waals surface area contributed by atoms with Crippen LogP contribution in [-0.2, 0) is 20.7 Å². The number of hydrogen-bond acceptors (Lipinski definition) is 6. The first-order valence-corrected chi connectivity index (χ1v) is 8.09.